The van der Waals surface area contributed by atoms with Crippen LogP contribution in [0.5, 0.6) is 5.75 Å². The number of nitrogens with one attached hydrogen (secondary N) is 1. The number of carbonyl (C=O) groups excluding carboxylic acids is 1. The third-order valence-corrected chi connectivity index (χ3v) is 5.90. The predicted molar refractivity (Wildman–Crippen MR) is 129 cm³/mol. The maximum atomic E-state index is 12.5. The van der Waals surface area contributed by atoms with Crippen molar-refractivity contribution in [3.63, 3.8) is 0 Å². The fraction of sp³-hybridized carbons (Fsp3) is 0.318. The maximum Gasteiger partial charge on any atom is 0.318 e. The van der Waals surface area contributed by atoms with Crippen molar-refractivity contribution in [3.05, 3.63) is 63.9 Å². The van der Waals surface area contributed by atoms with Gasteiger partial charge in [0.05, 0.1) is 28.8 Å². The quantitative estimate of drug-likeness (QED) is 0.407. The van der Waals surface area contributed by atoms with Crippen LogP contribution in [-0.4, -0.2) is 52.4 Å². The summed E-state index contributed by atoms with van der Waals surface area (Å²) in [6.07, 6.45) is 5.55. The molecule has 2 fully saturated rings. The van der Waals surface area contributed by atoms with Crippen LogP contribution in [-0.2, 0) is 6.54 Å². The number of nitrogens with zero attached hydrogens (tertiary/aromatic N) is 4. The highest BCUT2D eigenvalue weighted by Gasteiger charge is 2.32. The van der Waals surface area contributed by atoms with Gasteiger partial charge in [-0.2, -0.15) is 5.10 Å². The van der Waals surface area contributed by atoms with Crippen molar-refractivity contribution in [2.24, 2.45) is 16.5 Å². The van der Waals surface area contributed by atoms with Crippen molar-refractivity contribution < 1.29 is 9.53 Å². The molecule has 0 bridgehead atoms. The first kappa shape index (κ1) is 23.0. The van der Waals surface area contributed by atoms with Crippen LogP contribution in [0.4, 0.5) is 4.79 Å². The Bertz CT molecular complexity index is 1120. The normalized spacial score (nSPS) is 17.2. The van der Waals surface area contributed by atoms with Crippen molar-refractivity contribution in [2.45, 2.75) is 25.4 Å². The van der Waals surface area contributed by atoms with E-state index < -0.39 is 0 Å². The van der Waals surface area contributed by atoms with E-state index in [0.717, 1.165) is 24.0 Å². The van der Waals surface area contributed by atoms with E-state index in [0.29, 0.717) is 53.3 Å². The molecule has 2 amide bonds. The van der Waals surface area contributed by atoms with E-state index in [4.69, 9.17) is 39.4 Å². The van der Waals surface area contributed by atoms with E-state index in [1.54, 1.807) is 27.9 Å². The lowest BCUT2D eigenvalue weighted by molar-refractivity contribution is 0.210. The van der Waals surface area contributed by atoms with Crippen LogP contribution in [0.3, 0.4) is 0 Å². The van der Waals surface area contributed by atoms with Gasteiger partial charge in [0.2, 0.25) is 0 Å². The molecule has 1 aliphatic heterocycles. The Kier molecular flexibility index (Phi) is 6.80. The number of hydrogen-bond acceptors (Lipinski definition) is 4. The lowest BCUT2D eigenvalue weighted by atomic mass is 10.0. The number of benzene rings is 1. The molecule has 1 aliphatic carbocycles. The van der Waals surface area contributed by atoms with E-state index >= 15 is 0 Å². The molecule has 2 heterocycles. The SMILES string of the molecule is C=C1CN(C(=O)NC2CC2)C/C1=C(/N=C(N)N)c1cc(OCCn2cccn2)c(Cl)cc1Cl. The number of aliphatic imine (C=N–C) groups is 1. The third kappa shape index (κ3) is 5.61. The largest absolute Gasteiger partial charge is 0.490 e. The van der Waals surface area contributed by atoms with Gasteiger partial charge in [-0.3, -0.25) is 4.68 Å². The van der Waals surface area contributed by atoms with Crippen LogP contribution in [0, 0.1) is 0 Å². The molecule has 1 saturated carbocycles. The highest BCUT2D eigenvalue weighted by atomic mass is 35.5. The zero-order valence-electron chi connectivity index (χ0n) is 17.9. The van der Waals surface area contributed by atoms with Gasteiger partial charge in [0.15, 0.2) is 5.96 Å². The van der Waals surface area contributed by atoms with Gasteiger partial charge in [-0.05, 0) is 36.6 Å². The lowest BCUT2D eigenvalue weighted by Crippen LogP contribution is -2.39. The molecule has 33 heavy (non-hydrogen) atoms. The molecule has 0 spiro atoms. The molecule has 0 unspecified atom stereocenters. The first-order valence-electron chi connectivity index (χ1n) is 10.5. The lowest BCUT2D eigenvalue weighted by Gasteiger charge is -2.16. The summed E-state index contributed by atoms with van der Waals surface area (Å²) in [5.41, 5.74) is 13.9. The minimum atomic E-state index is -0.140. The number of carbonyl (C=O) groups is 1. The van der Waals surface area contributed by atoms with Crippen LogP contribution in [0.1, 0.15) is 18.4 Å². The van der Waals surface area contributed by atoms with Crippen molar-refractivity contribution >= 4 is 40.9 Å². The van der Waals surface area contributed by atoms with Crippen molar-refractivity contribution in [3.8, 4) is 5.75 Å². The van der Waals surface area contributed by atoms with E-state index in [1.807, 2.05) is 12.3 Å². The summed E-state index contributed by atoms with van der Waals surface area (Å²) in [5.74, 6) is 0.289. The van der Waals surface area contributed by atoms with E-state index in [-0.39, 0.29) is 18.0 Å². The topological polar surface area (TPSA) is 124 Å². The molecule has 174 valence electrons. The number of guanidine groups is 1. The van der Waals surface area contributed by atoms with E-state index in [2.05, 4.69) is 22.0 Å². The third-order valence-electron chi connectivity index (χ3n) is 5.29. The molecular weight excluding hydrogens is 465 g/mol. The molecular formula is C22H25Cl2N7O2. The molecule has 5 N–H and O–H groups in total. The van der Waals surface area contributed by atoms with Gasteiger partial charge >= 0.3 is 6.03 Å². The second kappa shape index (κ2) is 9.76. The number of likely N-dealkylation sites (tertiary alicyclic amines) is 1. The summed E-state index contributed by atoms with van der Waals surface area (Å²) in [5, 5.41) is 7.84. The van der Waals surface area contributed by atoms with Gasteiger partial charge in [-0.25, -0.2) is 9.79 Å². The Balaban J connectivity index is 1.63. The van der Waals surface area contributed by atoms with Crippen LogP contribution >= 0.6 is 23.2 Å². The summed E-state index contributed by atoms with van der Waals surface area (Å²) < 4.78 is 7.63. The molecule has 1 aromatic heterocycles. The van der Waals surface area contributed by atoms with Gasteiger partial charge in [0, 0.05) is 36.1 Å². The molecule has 1 saturated heterocycles. The summed E-state index contributed by atoms with van der Waals surface area (Å²) in [7, 11) is 0. The second-order valence-corrected chi connectivity index (χ2v) is 8.74. The van der Waals surface area contributed by atoms with Crippen LogP contribution in [0.15, 0.2) is 53.3 Å². The van der Waals surface area contributed by atoms with Crippen LogP contribution in [0.2, 0.25) is 10.0 Å². The molecule has 11 heteroatoms. The Labute approximate surface area is 201 Å². The molecule has 2 aromatic rings. The summed E-state index contributed by atoms with van der Waals surface area (Å²) in [6, 6.07) is 5.23. The van der Waals surface area contributed by atoms with Gasteiger partial charge < -0.3 is 26.4 Å². The summed E-state index contributed by atoms with van der Waals surface area (Å²) in [6.45, 7) is 5.69. The number of aromatic nitrogens is 2. The number of halogens is 2. The van der Waals surface area contributed by atoms with E-state index in [9.17, 15) is 4.79 Å². The second-order valence-electron chi connectivity index (χ2n) is 7.93. The maximum absolute atomic E-state index is 12.5. The number of ether oxygens (including phenoxy) is 1. The number of urea groups is 1. The smallest absolute Gasteiger partial charge is 0.318 e. The van der Waals surface area contributed by atoms with Gasteiger partial charge in [0.25, 0.3) is 0 Å². The highest BCUT2D eigenvalue weighted by Crippen LogP contribution is 2.39. The number of rotatable bonds is 7. The number of hydrogen-bond donors (Lipinski definition) is 3. The molecule has 2 aliphatic rings. The van der Waals surface area contributed by atoms with Crippen molar-refractivity contribution in [1.82, 2.24) is 20.0 Å². The molecule has 9 nitrogen and oxygen atoms in total. The minimum Gasteiger partial charge on any atom is -0.490 e. The number of nitrogens with two attached hydrogens (primary N) is 2. The van der Waals surface area contributed by atoms with Crippen LogP contribution < -0.4 is 21.5 Å². The van der Waals surface area contributed by atoms with E-state index in [1.165, 1.54) is 0 Å². The first-order valence-corrected chi connectivity index (χ1v) is 11.2. The monoisotopic (exact) mass is 489 g/mol. The zero-order chi connectivity index (χ0) is 23.5. The fourth-order valence-electron chi connectivity index (χ4n) is 3.49. The van der Waals surface area contributed by atoms with Gasteiger partial charge in [-0.1, -0.05) is 29.8 Å². The van der Waals surface area contributed by atoms with Gasteiger partial charge in [0.1, 0.15) is 12.4 Å². The zero-order valence-corrected chi connectivity index (χ0v) is 19.4. The molecule has 0 atom stereocenters. The standard InChI is InChI=1S/C22H25Cl2N7O2/c1-13-11-30(22(32)28-14-3-4-14)12-16(13)20(29-21(25)26)15-9-19(18(24)10-17(15)23)33-8-7-31-6-2-5-27-31/h2,5-6,9-10,14H,1,3-4,7-8,11-12H2,(H,28,32)(H4,25,26,29)/b20-16-. The Morgan fingerprint density at radius 1 is 1.27 bits per heavy atom. The summed E-state index contributed by atoms with van der Waals surface area (Å²) in [4.78, 5) is 18.5. The van der Waals surface area contributed by atoms with Crippen molar-refractivity contribution in [1.29, 1.82) is 0 Å². The number of amides is 2. The summed E-state index contributed by atoms with van der Waals surface area (Å²) >= 11 is 12.9. The Morgan fingerprint density at radius 3 is 2.73 bits per heavy atom. The van der Waals surface area contributed by atoms with Crippen molar-refractivity contribution in [2.75, 3.05) is 19.7 Å². The fourth-order valence-corrected chi connectivity index (χ4v) is 4.01. The first-order chi connectivity index (χ1) is 15.8. The Morgan fingerprint density at radius 2 is 2.06 bits per heavy atom. The van der Waals surface area contributed by atoms with Gasteiger partial charge in [-0.15, -0.1) is 0 Å². The molecule has 4 rings (SSSR count). The van der Waals surface area contributed by atoms with Crippen LogP contribution in [0.25, 0.3) is 5.70 Å². The highest BCUT2D eigenvalue weighted by molar-refractivity contribution is 6.36. The molecule has 1 aromatic carbocycles. The minimum absolute atomic E-state index is 0.137. The predicted octanol–water partition coefficient (Wildman–Crippen LogP) is 3.00. The average molecular weight is 490 g/mol. The average Bonchev–Trinajstić information content (AvgIpc) is 3.25. The molecule has 0 radical (unpaired) electrons. The Hall–Kier alpha value is -3.17.